The molecule has 0 saturated heterocycles. The molecule has 4 nitrogen and oxygen atoms in total. The predicted molar refractivity (Wildman–Crippen MR) is 89.9 cm³/mol. The van der Waals surface area contributed by atoms with Crippen LogP contribution in [0.5, 0.6) is 0 Å². The Morgan fingerprint density at radius 3 is 3.00 bits per heavy atom. The lowest BCUT2D eigenvalue weighted by atomic mass is 10.2. The molecule has 3 aromatic rings. The lowest BCUT2D eigenvalue weighted by Gasteiger charge is -2.06. The minimum atomic E-state index is -0.194. The number of amides is 1. The fourth-order valence-electron chi connectivity index (χ4n) is 2.63. The molecule has 0 radical (unpaired) electrons. The molecule has 2 heterocycles. The van der Waals surface area contributed by atoms with Crippen molar-refractivity contribution >= 4 is 49.9 Å². The minimum absolute atomic E-state index is 0.194. The van der Waals surface area contributed by atoms with Crippen LogP contribution in [0.1, 0.15) is 10.4 Å². The van der Waals surface area contributed by atoms with Crippen molar-refractivity contribution in [2.45, 2.75) is 6.54 Å². The van der Waals surface area contributed by atoms with Gasteiger partial charge in [0.05, 0.1) is 15.3 Å². The quantitative estimate of drug-likeness (QED) is 0.706. The standard InChI is InChI=1S/C16H12ClN3OS/c17-12-4-2-1-3-11(12)15(21)19-10-5-6-14-13(9-10)20-8-7-18-16(20)22-14/h1-6,9H,7-8H2,(H,19,21)/p+1. The highest BCUT2D eigenvalue weighted by atomic mass is 35.5. The molecule has 0 atom stereocenters. The van der Waals surface area contributed by atoms with Gasteiger partial charge in [0, 0.05) is 11.8 Å². The van der Waals surface area contributed by atoms with E-state index in [1.165, 1.54) is 9.83 Å². The SMILES string of the molecule is O=C(Nc1ccc2sc3[n+](c2c1)CCN3)c1ccccc1Cl. The summed E-state index contributed by atoms with van der Waals surface area (Å²) in [5.74, 6) is -0.194. The summed E-state index contributed by atoms with van der Waals surface area (Å²) in [6, 6.07) is 13.0. The van der Waals surface area contributed by atoms with Crippen molar-refractivity contribution in [3.8, 4) is 0 Å². The summed E-state index contributed by atoms with van der Waals surface area (Å²) >= 11 is 7.80. The monoisotopic (exact) mass is 330 g/mol. The first-order chi connectivity index (χ1) is 10.7. The highest BCUT2D eigenvalue weighted by Gasteiger charge is 2.24. The van der Waals surface area contributed by atoms with E-state index in [1.54, 1.807) is 29.5 Å². The molecular formula is C16H13ClN3OS+. The molecule has 0 bridgehead atoms. The summed E-state index contributed by atoms with van der Waals surface area (Å²) in [4.78, 5) is 12.3. The number of nitrogens with one attached hydrogen (secondary N) is 2. The first kappa shape index (κ1) is 13.5. The van der Waals surface area contributed by atoms with Gasteiger partial charge in [-0.15, -0.1) is 0 Å². The third kappa shape index (κ3) is 2.23. The van der Waals surface area contributed by atoms with E-state index in [1.807, 2.05) is 24.3 Å². The van der Waals surface area contributed by atoms with E-state index < -0.39 is 0 Å². The second kappa shape index (κ2) is 5.26. The number of aromatic nitrogens is 1. The Morgan fingerprint density at radius 1 is 1.27 bits per heavy atom. The van der Waals surface area contributed by atoms with Gasteiger partial charge in [0.15, 0.2) is 0 Å². The molecule has 0 fully saturated rings. The predicted octanol–water partition coefficient (Wildman–Crippen LogP) is 3.52. The van der Waals surface area contributed by atoms with Gasteiger partial charge in [-0.25, -0.2) is 4.57 Å². The fraction of sp³-hybridized carbons (Fsp3) is 0.125. The fourth-order valence-corrected chi connectivity index (χ4v) is 3.95. The second-order valence-electron chi connectivity index (χ2n) is 5.10. The first-order valence-corrected chi connectivity index (χ1v) is 8.18. The molecule has 0 unspecified atom stereocenters. The van der Waals surface area contributed by atoms with Gasteiger partial charge in [0.2, 0.25) is 0 Å². The van der Waals surface area contributed by atoms with Crippen LogP contribution in [0.3, 0.4) is 0 Å². The summed E-state index contributed by atoms with van der Waals surface area (Å²) in [5.41, 5.74) is 2.40. The number of hydrogen-bond donors (Lipinski definition) is 2. The number of rotatable bonds is 2. The molecule has 4 rings (SSSR count). The van der Waals surface area contributed by atoms with E-state index in [2.05, 4.69) is 15.2 Å². The van der Waals surface area contributed by atoms with Crippen molar-refractivity contribution in [3.05, 3.63) is 53.1 Å². The average Bonchev–Trinajstić information content (AvgIpc) is 3.08. The van der Waals surface area contributed by atoms with E-state index in [4.69, 9.17) is 11.6 Å². The lowest BCUT2D eigenvalue weighted by Crippen LogP contribution is -2.28. The zero-order valence-electron chi connectivity index (χ0n) is 11.6. The number of carbonyl (C=O) groups is 1. The third-order valence-corrected chi connectivity index (χ3v) is 5.14. The van der Waals surface area contributed by atoms with E-state index >= 15 is 0 Å². The van der Waals surface area contributed by atoms with Crippen LogP contribution in [0, 0.1) is 0 Å². The Morgan fingerprint density at radius 2 is 2.14 bits per heavy atom. The topological polar surface area (TPSA) is 45.0 Å². The molecular weight excluding hydrogens is 318 g/mol. The number of thiazole rings is 1. The molecule has 1 aliphatic rings. The van der Waals surface area contributed by atoms with Crippen molar-refractivity contribution in [3.63, 3.8) is 0 Å². The van der Waals surface area contributed by atoms with Gasteiger partial charge in [-0.3, -0.25) is 10.1 Å². The molecule has 2 aromatic carbocycles. The van der Waals surface area contributed by atoms with E-state index in [9.17, 15) is 4.79 Å². The van der Waals surface area contributed by atoms with Crippen LogP contribution in [0.25, 0.3) is 10.2 Å². The van der Waals surface area contributed by atoms with Gasteiger partial charge < -0.3 is 5.32 Å². The molecule has 1 aromatic heterocycles. The summed E-state index contributed by atoms with van der Waals surface area (Å²) in [5, 5.41) is 7.91. The van der Waals surface area contributed by atoms with Gasteiger partial charge in [0.1, 0.15) is 18.6 Å². The van der Waals surface area contributed by atoms with Gasteiger partial charge in [0.25, 0.3) is 5.91 Å². The summed E-state index contributed by atoms with van der Waals surface area (Å²) < 4.78 is 3.45. The smallest absolute Gasteiger partial charge is 0.322 e. The Hall–Kier alpha value is -2.11. The third-order valence-electron chi connectivity index (χ3n) is 3.69. The molecule has 1 amide bonds. The average molecular weight is 331 g/mol. The van der Waals surface area contributed by atoms with Crippen molar-refractivity contribution in [1.29, 1.82) is 0 Å². The zero-order chi connectivity index (χ0) is 15.1. The Balaban J connectivity index is 1.67. The minimum Gasteiger partial charge on any atom is -0.322 e. The molecule has 2 N–H and O–H groups in total. The number of carbonyl (C=O) groups excluding carboxylic acids is 1. The summed E-state index contributed by atoms with van der Waals surface area (Å²) in [7, 11) is 0. The maximum absolute atomic E-state index is 12.3. The zero-order valence-corrected chi connectivity index (χ0v) is 13.2. The number of hydrogen-bond acceptors (Lipinski definition) is 3. The molecule has 1 aliphatic heterocycles. The normalized spacial score (nSPS) is 13.0. The number of nitrogens with zero attached hydrogens (tertiary/aromatic N) is 1. The maximum Gasteiger partial charge on any atom is 0.335 e. The van der Waals surface area contributed by atoms with Gasteiger partial charge in [-0.05, 0) is 35.6 Å². The number of anilines is 2. The van der Waals surface area contributed by atoms with E-state index in [0.29, 0.717) is 10.6 Å². The molecule has 110 valence electrons. The lowest BCUT2D eigenvalue weighted by molar-refractivity contribution is -0.640. The number of halogens is 1. The molecule has 0 spiro atoms. The van der Waals surface area contributed by atoms with Gasteiger partial charge in [-0.1, -0.05) is 23.7 Å². The van der Waals surface area contributed by atoms with Gasteiger partial charge >= 0.3 is 5.13 Å². The van der Waals surface area contributed by atoms with Crippen molar-refractivity contribution < 1.29 is 9.36 Å². The molecule has 0 saturated carbocycles. The van der Waals surface area contributed by atoms with Crippen LogP contribution < -0.4 is 15.2 Å². The van der Waals surface area contributed by atoms with Crippen molar-refractivity contribution in [2.24, 2.45) is 0 Å². The van der Waals surface area contributed by atoms with Crippen molar-refractivity contribution in [1.82, 2.24) is 0 Å². The first-order valence-electron chi connectivity index (χ1n) is 6.98. The van der Waals surface area contributed by atoms with Crippen LogP contribution in [0.2, 0.25) is 5.02 Å². The highest BCUT2D eigenvalue weighted by Crippen LogP contribution is 2.28. The van der Waals surface area contributed by atoms with Gasteiger partial charge in [-0.2, -0.15) is 0 Å². The van der Waals surface area contributed by atoms with Crippen LogP contribution >= 0.6 is 22.9 Å². The van der Waals surface area contributed by atoms with Crippen LogP contribution in [0.15, 0.2) is 42.5 Å². The Kier molecular flexibility index (Phi) is 3.24. The van der Waals surface area contributed by atoms with Crippen LogP contribution in [-0.2, 0) is 6.54 Å². The largest absolute Gasteiger partial charge is 0.335 e. The Bertz CT molecular complexity index is 890. The molecule has 0 aliphatic carbocycles. The summed E-state index contributed by atoms with van der Waals surface area (Å²) in [6.45, 7) is 1.91. The van der Waals surface area contributed by atoms with Crippen LogP contribution in [-0.4, -0.2) is 12.5 Å². The number of fused-ring (bicyclic) bond motifs is 3. The maximum atomic E-state index is 12.3. The summed E-state index contributed by atoms with van der Waals surface area (Å²) in [6.07, 6.45) is 0. The van der Waals surface area contributed by atoms with E-state index in [0.717, 1.165) is 24.3 Å². The van der Waals surface area contributed by atoms with Crippen molar-refractivity contribution in [2.75, 3.05) is 17.2 Å². The van der Waals surface area contributed by atoms with Crippen LogP contribution in [0.4, 0.5) is 10.8 Å². The molecule has 22 heavy (non-hydrogen) atoms. The van der Waals surface area contributed by atoms with E-state index in [-0.39, 0.29) is 5.91 Å². The number of benzene rings is 2. The highest BCUT2D eigenvalue weighted by molar-refractivity contribution is 7.21. The molecule has 6 heteroatoms. The Labute approximate surface area is 136 Å². The second-order valence-corrected chi connectivity index (χ2v) is 6.54.